The third kappa shape index (κ3) is 31.7. The van der Waals surface area contributed by atoms with Crippen LogP contribution in [0.1, 0.15) is 151 Å². The monoisotopic (exact) mass is 1530 g/mol. The molecule has 2 heterocycles. The standard InChI is InChI=1S/C24H21N3O3.C20H23NO2.C15H11NO2.C14H21NO.C13H17NO2.C9H11NO/c28-22-25(16-19-10-4-1-5-11-19)23(29)27(18-21-14-8-3-9-15-21)24(30)26(22)17-20-12-6-2-7-13-20;1-3-23-20(22)14-17(2)21(15-18-10-6-4-7-11-18)16-19-12-8-5-9-13-19;17-14-12-8-4-5-9-13(12)15(18)16(14)10-11-6-2-1-3-7-11;1-2-3-4-8-11-14(16)15-12-13-9-6-5-7-10-13;1-3-16-13(15)9-11(2)14-10-12-7-5-4-6-8-12;1-8(11)10-7-9-5-3-2-4-6-9/h1-15H,16-18H2;4-14H,3,15-16H2,1-2H3;1-9H,10H2;5-7,9-10H,2-4,8,11-12H2,1H3,(H,15,16);4-8H,3,9-10H2,1-2H3;2-6H,7H2,1H3,(H,10,11)/b;17-14-;;;;. The Kier molecular flexibility index (Phi) is 38.5. The van der Waals surface area contributed by atoms with Gasteiger partial charge >= 0.3 is 29.0 Å². The van der Waals surface area contributed by atoms with Crippen LogP contribution in [0.2, 0.25) is 0 Å². The Bertz CT molecular complexity index is 4700. The molecule has 19 nitrogen and oxygen atoms in total. The van der Waals surface area contributed by atoms with Gasteiger partial charge < -0.3 is 25.0 Å². The molecule has 1 aliphatic rings. The summed E-state index contributed by atoms with van der Waals surface area (Å²) in [4.78, 5) is 116. The molecule has 0 aliphatic carbocycles. The number of carbonyl (C=O) groups is 6. The number of imide groups is 1. The SMILES string of the molecule is CC(=O)NCc1ccccc1.CCCCCCC(=O)NCc1ccccc1.CCOC(=O)/C=C(/C)N(Cc1ccccc1)Cc1ccccc1.CCOC(=O)CC(C)=NCc1ccccc1.O=C1c2ccccc2C(=O)N1Cc1ccccc1.O=c1n(Cc2ccccc2)c(=O)n(Cc2ccccc2)c(=O)n1Cc1ccccc1. The number of benzene rings is 10. The number of ether oxygens (including phenoxy) is 2. The Labute approximate surface area is 668 Å². The maximum atomic E-state index is 13.1. The van der Waals surface area contributed by atoms with Gasteiger partial charge in [0, 0.05) is 57.0 Å². The lowest BCUT2D eigenvalue weighted by molar-refractivity contribution is -0.141. The molecule has 0 saturated heterocycles. The van der Waals surface area contributed by atoms with Gasteiger partial charge in [0.2, 0.25) is 11.8 Å². The lowest BCUT2D eigenvalue weighted by Gasteiger charge is -2.25. The molecular weight excluding hydrogens is 1430 g/mol. The number of amides is 4. The van der Waals surface area contributed by atoms with Crippen molar-refractivity contribution < 1.29 is 38.2 Å². The number of esters is 2. The Balaban J connectivity index is 0.000000195. The average Bonchev–Trinajstić information content (AvgIpc) is 1.08. The molecule has 0 radical (unpaired) electrons. The van der Waals surface area contributed by atoms with Crippen molar-refractivity contribution in [3.63, 3.8) is 0 Å². The van der Waals surface area contributed by atoms with E-state index in [1.54, 1.807) is 37.3 Å². The molecular formula is C95H104N8O11. The van der Waals surface area contributed by atoms with Crippen LogP contribution in [0.5, 0.6) is 0 Å². The number of hydrogen-bond donors (Lipinski definition) is 2. The van der Waals surface area contributed by atoms with Crippen LogP contribution < -0.4 is 27.7 Å². The number of fused-ring (bicyclic) bond motifs is 1. The zero-order chi connectivity index (χ0) is 81.5. The fraction of sp³-hybridized carbons (Fsp3) is 0.242. The molecule has 12 rings (SSSR count). The molecule has 1 aromatic heterocycles. The van der Waals surface area contributed by atoms with Gasteiger partial charge in [-0.2, -0.15) is 0 Å². The average molecular weight is 1530 g/mol. The maximum Gasteiger partial charge on any atom is 0.336 e. The van der Waals surface area contributed by atoms with E-state index in [-0.39, 0.29) is 61.6 Å². The molecule has 0 bridgehead atoms. The molecule has 19 heteroatoms. The Hall–Kier alpha value is -13.2. The second kappa shape index (κ2) is 49.9. The minimum atomic E-state index is -0.609. The van der Waals surface area contributed by atoms with E-state index in [0.717, 1.165) is 90.0 Å². The zero-order valence-electron chi connectivity index (χ0n) is 66.1. The summed E-state index contributed by atoms with van der Waals surface area (Å²) in [6.07, 6.45) is 7.12. The number of allylic oxidation sites excluding steroid dienone is 1. The van der Waals surface area contributed by atoms with Crippen molar-refractivity contribution in [1.29, 1.82) is 0 Å². The number of nitrogens with zero attached hydrogens (tertiary/aromatic N) is 6. The summed E-state index contributed by atoms with van der Waals surface area (Å²) in [5.74, 6) is -0.749. The van der Waals surface area contributed by atoms with E-state index in [2.05, 4.69) is 51.7 Å². The number of aliphatic imine (C=N–C) groups is 1. The van der Waals surface area contributed by atoms with Crippen molar-refractivity contribution in [1.82, 2.24) is 34.1 Å². The fourth-order valence-electron chi connectivity index (χ4n) is 11.6. The molecule has 4 amide bonds. The number of carbonyl (C=O) groups excluding carboxylic acids is 6. The lowest BCUT2D eigenvalue weighted by Crippen LogP contribution is -2.54. The summed E-state index contributed by atoms with van der Waals surface area (Å²) in [6, 6.07) is 94.5. The second-order valence-corrected chi connectivity index (χ2v) is 26.6. The predicted molar refractivity (Wildman–Crippen MR) is 451 cm³/mol. The van der Waals surface area contributed by atoms with Gasteiger partial charge in [0.1, 0.15) is 0 Å². The Morgan fingerprint density at radius 1 is 0.386 bits per heavy atom. The number of unbranched alkanes of at least 4 members (excludes halogenated alkanes) is 3. The first-order chi connectivity index (χ1) is 55.4. The first kappa shape index (κ1) is 88.1. The second-order valence-electron chi connectivity index (χ2n) is 26.6. The van der Waals surface area contributed by atoms with Crippen LogP contribution in [-0.4, -0.2) is 78.0 Å². The summed E-state index contributed by atoms with van der Waals surface area (Å²) >= 11 is 0. The summed E-state index contributed by atoms with van der Waals surface area (Å²) in [7, 11) is 0. The zero-order valence-corrected chi connectivity index (χ0v) is 66.1. The van der Waals surface area contributed by atoms with Crippen LogP contribution in [0.4, 0.5) is 0 Å². The van der Waals surface area contributed by atoms with E-state index in [1.807, 2.05) is 269 Å². The highest BCUT2D eigenvalue weighted by Gasteiger charge is 2.35. The van der Waals surface area contributed by atoms with Crippen LogP contribution >= 0.6 is 0 Å². The van der Waals surface area contributed by atoms with Crippen molar-refractivity contribution in [2.24, 2.45) is 4.99 Å². The third-order valence-electron chi connectivity index (χ3n) is 17.6. The number of hydrogen-bond acceptors (Lipinski definition) is 13. The molecule has 11 aromatic rings. The Morgan fingerprint density at radius 2 is 0.719 bits per heavy atom. The molecule has 590 valence electrons. The highest BCUT2D eigenvalue weighted by Crippen LogP contribution is 2.24. The quantitative estimate of drug-likeness (QED) is 0.0147. The van der Waals surface area contributed by atoms with Gasteiger partial charge in [-0.1, -0.05) is 311 Å². The summed E-state index contributed by atoms with van der Waals surface area (Å²) < 4.78 is 13.2. The number of nitrogens with one attached hydrogen (secondary N) is 2. The Morgan fingerprint density at radius 3 is 1.08 bits per heavy atom. The largest absolute Gasteiger partial charge is 0.466 e. The van der Waals surface area contributed by atoms with Crippen LogP contribution in [0, 0.1) is 0 Å². The molecule has 0 spiro atoms. The summed E-state index contributed by atoms with van der Waals surface area (Å²) in [5.41, 5.74) is 10.1. The highest BCUT2D eigenvalue weighted by atomic mass is 16.5. The van der Waals surface area contributed by atoms with Crippen LogP contribution in [0.15, 0.2) is 328 Å². The van der Waals surface area contributed by atoms with Gasteiger partial charge in [-0.25, -0.2) is 32.9 Å². The topological polar surface area (TPSA) is 230 Å². The minimum Gasteiger partial charge on any atom is -0.466 e. The van der Waals surface area contributed by atoms with Crippen molar-refractivity contribution >= 4 is 41.3 Å². The van der Waals surface area contributed by atoms with Crippen LogP contribution in [0.25, 0.3) is 0 Å². The van der Waals surface area contributed by atoms with E-state index in [0.29, 0.717) is 56.9 Å². The number of aromatic nitrogens is 3. The van der Waals surface area contributed by atoms with Crippen molar-refractivity contribution in [2.75, 3.05) is 13.2 Å². The first-order valence-electron chi connectivity index (χ1n) is 38.4. The van der Waals surface area contributed by atoms with Gasteiger partial charge in [0.25, 0.3) is 11.8 Å². The van der Waals surface area contributed by atoms with Gasteiger partial charge in [-0.05, 0) is 96.3 Å². The summed E-state index contributed by atoms with van der Waals surface area (Å²) in [5, 5.41) is 5.66. The summed E-state index contributed by atoms with van der Waals surface area (Å²) in [6.45, 7) is 15.9. The van der Waals surface area contributed by atoms with E-state index < -0.39 is 17.1 Å². The molecule has 0 fully saturated rings. The highest BCUT2D eigenvalue weighted by molar-refractivity contribution is 6.21. The predicted octanol–water partition coefficient (Wildman–Crippen LogP) is 16.2. The van der Waals surface area contributed by atoms with Gasteiger partial charge in [0.15, 0.2) is 0 Å². The fourth-order valence-corrected chi connectivity index (χ4v) is 11.6. The van der Waals surface area contributed by atoms with Crippen molar-refractivity contribution in [2.45, 2.75) is 139 Å². The lowest BCUT2D eigenvalue weighted by atomic mass is 10.1. The molecule has 0 atom stereocenters. The van der Waals surface area contributed by atoms with Gasteiger partial charge in [-0.15, -0.1) is 0 Å². The van der Waals surface area contributed by atoms with Crippen molar-refractivity contribution in [3.8, 4) is 0 Å². The van der Waals surface area contributed by atoms with Crippen molar-refractivity contribution in [3.05, 3.63) is 402 Å². The number of rotatable bonds is 29. The van der Waals surface area contributed by atoms with Gasteiger partial charge in [0.05, 0.1) is 63.5 Å². The van der Waals surface area contributed by atoms with E-state index in [1.165, 1.54) is 35.8 Å². The van der Waals surface area contributed by atoms with Gasteiger partial charge in [-0.3, -0.25) is 33.9 Å². The first-order valence-corrected chi connectivity index (χ1v) is 38.4. The molecule has 0 saturated carbocycles. The minimum absolute atomic E-state index is 0.00820. The molecule has 1 aliphatic heterocycles. The molecule has 0 unspecified atom stereocenters. The van der Waals surface area contributed by atoms with E-state index >= 15 is 0 Å². The molecule has 114 heavy (non-hydrogen) atoms. The van der Waals surface area contributed by atoms with E-state index in [4.69, 9.17) is 9.47 Å². The van der Waals surface area contributed by atoms with E-state index in [9.17, 15) is 43.2 Å². The maximum absolute atomic E-state index is 13.1. The van der Waals surface area contributed by atoms with Crippen LogP contribution in [-0.2, 0) is 87.6 Å². The van der Waals surface area contributed by atoms with Crippen LogP contribution in [0.3, 0.4) is 0 Å². The molecule has 10 aromatic carbocycles. The molecule has 2 N–H and O–H groups in total. The normalized spacial score (nSPS) is 11.2. The third-order valence-corrected chi connectivity index (χ3v) is 17.6. The smallest absolute Gasteiger partial charge is 0.336 e.